The van der Waals surface area contributed by atoms with E-state index >= 15 is 0 Å². The van der Waals surface area contributed by atoms with Gasteiger partial charge in [0.15, 0.2) is 6.10 Å². The van der Waals surface area contributed by atoms with Crippen molar-refractivity contribution in [3.63, 3.8) is 0 Å². The molecule has 0 aliphatic heterocycles. The number of quaternary nitrogens is 1. The highest BCUT2D eigenvalue weighted by molar-refractivity contribution is 7.45. The average molecular weight is 944 g/mol. The molecular weight excluding hydrogens is 834 g/mol. The Labute approximate surface area is 404 Å². The Balaban J connectivity index is 3.96. The third kappa shape index (κ3) is 52.2. The lowest BCUT2D eigenvalue weighted by Crippen LogP contribution is -2.37. The number of hydrogen-bond donors (Lipinski definition) is 0. The maximum absolute atomic E-state index is 12.7. The van der Waals surface area contributed by atoms with Crippen LogP contribution in [0.1, 0.15) is 290 Å². The predicted molar refractivity (Wildman–Crippen MR) is 273 cm³/mol. The molecule has 0 saturated carbocycles. The second kappa shape index (κ2) is 48.1. The molecule has 388 valence electrons. The van der Waals surface area contributed by atoms with Gasteiger partial charge in [-0.25, -0.2) is 0 Å². The number of phosphoric ester groups is 1. The predicted octanol–water partition coefficient (Wildman–Crippen LogP) is 16.5. The Kier molecular flexibility index (Phi) is 47.3. The lowest BCUT2D eigenvalue weighted by atomic mass is 10.0. The van der Waals surface area contributed by atoms with Gasteiger partial charge in [0.25, 0.3) is 7.82 Å². The highest BCUT2D eigenvalue weighted by Gasteiger charge is 2.22. The molecule has 0 saturated heterocycles. The Morgan fingerprint density at radius 1 is 0.415 bits per heavy atom. The number of carbonyl (C=O) groups excluding carboxylic acids is 2. The molecular formula is C55H110NO8P. The number of nitrogens with zero attached hydrogens (tertiary/aromatic N) is 1. The van der Waals surface area contributed by atoms with E-state index in [4.69, 9.17) is 18.5 Å². The molecule has 0 bridgehead atoms. The number of unbranched alkanes of at least 4 members (excludes halogenated alkanes) is 39. The molecule has 10 heteroatoms. The molecule has 0 aliphatic rings. The zero-order chi connectivity index (χ0) is 47.8. The maximum Gasteiger partial charge on any atom is 0.306 e. The van der Waals surface area contributed by atoms with Crippen molar-refractivity contribution in [2.45, 2.75) is 296 Å². The lowest BCUT2D eigenvalue weighted by molar-refractivity contribution is -0.870. The van der Waals surface area contributed by atoms with Crippen molar-refractivity contribution in [2.24, 2.45) is 0 Å². The summed E-state index contributed by atoms with van der Waals surface area (Å²) in [4.78, 5) is 37.7. The lowest BCUT2D eigenvalue weighted by Gasteiger charge is -2.28. The van der Waals surface area contributed by atoms with Gasteiger partial charge in [0.2, 0.25) is 0 Å². The molecule has 0 aromatic rings. The van der Waals surface area contributed by atoms with Crippen molar-refractivity contribution in [1.29, 1.82) is 0 Å². The summed E-state index contributed by atoms with van der Waals surface area (Å²) in [6.07, 6.45) is 53.1. The summed E-state index contributed by atoms with van der Waals surface area (Å²) >= 11 is 0. The molecule has 0 N–H and O–H groups in total. The summed E-state index contributed by atoms with van der Waals surface area (Å²) in [5.41, 5.74) is 0. The van der Waals surface area contributed by atoms with Crippen molar-refractivity contribution in [3.05, 3.63) is 0 Å². The molecule has 2 unspecified atom stereocenters. The van der Waals surface area contributed by atoms with Gasteiger partial charge >= 0.3 is 11.9 Å². The first-order valence-corrected chi connectivity index (χ1v) is 29.7. The Hall–Kier alpha value is -0.990. The van der Waals surface area contributed by atoms with Crippen LogP contribution in [0.5, 0.6) is 0 Å². The fraction of sp³-hybridized carbons (Fsp3) is 0.964. The van der Waals surface area contributed by atoms with E-state index in [0.717, 1.165) is 32.1 Å². The minimum Gasteiger partial charge on any atom is -0.756 e. The van der Waals surface area contributed by atoms with Gasteiger partial charge in [-0.15, -0.1) is 0 Å². The summed E-state index contributed by atoms with van der Waals surface area (Å²) in [6, 6.07) is 0. The van der Waals surface area contributed by atoms with E-state index in [2.05, 4.69) is 13.8 Å². The highest BCUT2D eigenvalue weighted by atomic mass is 31.2. The van der Waals surface area contributed by atoms with Gasteiger partial charge in [0.05, 0.1) is 27.7 Å². The molecule has 0 aliphatic carbocycles. The van der Waals surface area contributed by atoms with Crippen molar-refractivity contribution in [3.8, 4) is 0 Å². The number of hydrogen-bond acceptors (Lipinski definition) is 8. The fourth-order valence-corrected chi connectivity index (χ4v) is 9.21. The Bertz CT molecular complexity index is 1070. The van der Waals surface area contributed by atoms with Crippen LogP contribution in [0, 0.1) is 0 Å². The summed E-state index contributed by atoms with van der Waals surface area (Å²) in [5.74, 6) is -0.815. The standard InChI is InChI=1S/C55H110NO8P/c1-6-8-10-12-14-16-18-19-20-21-22-23-24-25-26-27-28-29-30-31-32-33-34-35-36-38-40-42-44-46-48-55(58)64-53(52-63-65(59,60)62-50-49-56(3,4)5)51-61-54(57)47-45-43-41-39-37-17-15-13-11-9-7-2/h53H,6-52H2,1-5H3. The van der Waals surface area contributed by atoms with Gasteiger partial charge < -0.3 is 27.9 Å². The zero-order valence-electron chi connectivity index (χ0n) is 44.0. The van der Waals surface area contributed by atoms with Crippen LogP contribution in [0.4, 0.5) is 0 Å². The topological polar surface area (TPSA) is 111 Å². The van der Waals surface area contributed by atoms with Crippen molar-refractivity contribution in [2.75, 3.05) is 47.5 Å². The molecule has 0 aromatic carbocycles. The second-order valence-electron chi connectivity index (χ2n) is 20.7. The molecule has 2 atom stereocenters. The molecule has 0 radical (unpaired) electrons. The molecule has 0 aromatic heterocycles. The van der Waals surface area contributed by atoms with Gasteiger partial charge in [0.1, 0.15) is 19.8 Å². The molecule has 0 heterocycles. The number of rotatable bonds is 53. The van der Waals surface area contributed by atoms with Gasteiger partial charge in [-0.05, 0) is 12.8 Å². The second-order valence-corrected chi connectivity index (χ2v) is 22.1. The average Bonchev–Trinajstić information content (AvgIpc) is 3.26. The summed E-state index contributed by atoms with van der Waals surface area (Å²) in [5, 5.41) is 0. The smallest absolute Gasteiger partial charge is 0.306 e. The van der Waals surface area contributed by atoms with Crippen LogP contribution < -0.4 is 4.89 Å². The third-order valence-corrected chi connectivity index (χ3v) is 13.8. The SMILES string of the molecule is CCCCCCCCCCCCCCCCCCCCCCCCCCCCCCCCC(=O)OC(COC(=O)CCCCCCCCCCCCC)COP(=O)([O-])OCC[N+](C)(C)C. The van der Waals surface area contributed by atoms with Gasteiger partial charge in [-0.2, -0.15) is 0 Å². The zero-order valence-corrected chi connectivity index (χ0v) is 44.9. The van der Waals surface area contributed by atoms with Crippen LogP contribution in [-0.4, -0.2) is 70.0 Å². The fourth-order valence-electron chi connectivity index (χ4n) is 8.48. The van der Waals surface area contributed by atoms with E-state index in [1.165, 1.54) is 225 Å². The van der Waals surface area contributed by atoms with Crippen LogP contribution in [0.2, 0.25) is 0 Å². The maximum atomic E-state index is 12.7. The quantitative estimate of drug-likeness (QED) is 0.0257. The van der Waals surface area contributed by atoms with E-state index < -0.39 is 26.5 Å². The van der Waals surface area contributed by atoms with Crippen molar-refractivity contribution >= 4 is 19.8 Å². The normalized spacial score (nSPS) is 13.3. The van der Waals surface area contributed by atoms with Gasteiger partial charge in [-0.1, -0.05) is 264 Å². The highest BCUT2D eigenvalue weighted by Crippen LogP contribution is 2.38. The molecule has 0 spiro atoms. The number of ether oxygens (including phenoxy) is 2. The first-order valence-electron chi connectivity index (χ1n) is 28.2. The monoisotopic (exact) mass is 944 g/mol. The van der Waals surface area contributed by atoms with Crippen LogP contribution >= 0.6 is 7.82 Å². The van der Waals surface area contributed by atoms with Crippen LogP contribution in [0.15, 0.2) is 0 Å². The van der Waals surface area contributed by atoms with Crippen LogP contribution in [0.25, 0.3) is 0 Å². The molecule has 9 nitrogen and oxygen atoms in total. The summed E-state index contributed by atoms with van der Waals surface area (Å²) in [7, 11) is 1.19. The van der Waals surface area contributed by atoms with Crippen LogP contribution in [0.3, 0.4) is 0 Å². The Morgan fingerprint density at radius 3 is 0.985 bits per heavy atom. The number of likely N-dealkylation sites (N-methyl/N-ethyl adjacent to an activating group) is 1. The third-order valence-electron chi connectivity index (χ3n) is 12.9. The minimum atomic E-state index is -4.62. The van der Waals surface area contributed by atoms with Crippen molar-refractivity contribution in [1.82, 2.24) is 0 Å². The number of carbonyl (C=O) groups is 2. The van der Waals surface area contributed by atoms with Crippen LogP contribution in [-0.2, 0) is 32.7 Å². The van der Waals surface area contributed by atoms with E-state index in [0.29, 0.717) is 17.4 Å². The van der Waals surface area contributed by atoms with E-state index in [1.807, 2.05) is 21.1 Å². The Morgan fingerprint density at radius 2 is 0.692 bits per heavy atom. The molecule has 0 fully saturated rings. The number of phosphoric acid groups is 1. The first kappa shape index (κ1) is 64.0. The van der Waals surface area contributed by atoms with E-state index in [-0.39, 0.29) is 32.0 Å². The largest absolute Gasteiger partial charge is 0.756 e. The van der Waals surface area contributed by atoms with Gasteiger partial charge in [0, 0.05) is 12.8 Å². The van der Waals surface area contributed by atoms with E-state index in [9.17, 15) is 19.0 Å². The summed E-state index contributed by atoms with van der Waals surface area (Å²) < 4.78 is 34.0. The molecule has 65 heavy (non-hydrogen) atoms. The minimum absolute atomic E-state index is 0.0254. The van der Waals surface area contributed by atoms with Crippen molar-refractivity contribution < 1.29 is 42.1 Å². The summed E-state index contributed by atoms with van der Waals surface area (Å²) in [6.45, 7) is 4.28. The van der Waals surface area contributed by atoms with E-state index in [1.54, 1.807) is 0 Å². The molecule has 0 amide bonds. The number of esters is 2. The van der Waals surface area contributed by atoms with Gasteiger partial charge in [-0.3, -0.25) is 14.2 Å². The first-order chi connectivity index (χ1) is 31.5. The molecule has 0 rings (SSSR count).